The average molecular weight is 363 g/mol. The molecule has 2 aliphatic rings. The van der Waals surface area contributed by atoms with Crippen LogP contribution < -0.4 is 22.2 Å². The van der Waals surface area contributed by atoms with Gasteiger partial charge in [-0.2, -0.15) is 0 Å². The van der Waals surface area contributed by atoms with Gasteiger partial charge in [-0.15, -0.1) is 0 Å². The maximum absolute atomic E-state index is 12.6. The van der Waals surface area contributed by atoms with Crippen LogP contribution in [0.2, 0.25) is 5.02 Å². The molecule has 4 heterocycles. The molecule has 0 spiro atoms. The van der Waals surface area contributed by atoms with Gasteiger partial charge in [0, 0.05) is 0 Å². The van der Waals surface area contributed by atoms with E-state index in [0.29, 0.717) is 13.2 Å². The highest BCUT2D eigenvalue weighted by Crippen LogP contribution is 2.27. The fraction of sp³-hybridized carbons (Fsp3) is 0.375. The van der Waals surface area contributed by atoms with Gasteiger partial charge >= 0.3 is 0 Å². The Balaban J connectivity index is 1.85. The van der Waals surface area contributed by atoms with Gasteiger partial charge in [0.2, 0.25) is 0 Å². The van der Waals surface area contributed by atoms with Crippen LogP contribution in [0, 0.1) is 0 Å². The minimum Gasteiger partial charge on any atom is -0.371 e. The molecule has 2 aliphatic heterocycles. The lowest BCUT2D eigenvalue weighted by atomic mass is 10.1. The van der Waals surface area contributed by atoms with Crippen molar-refractivity contribution in [2.45, 2.75) is 25.3 Å². The van der Waals surface area contributed by atoms with Crippen molar-refractivity contribution in [2.75, 3.05) is 13.2 Å². The number of hydrogen-bond donors (Lipinski definition) is 0. The molecule has 2 aromatic heterocycles. The van der Waals surface area contributed by atoms with E-state index in [1.807, 2.05) is 0 Å². The van der Waals surface area contributed by atoms with Gasteiger partial charge in [0.05, 0.1) is 65.1 Å². The SMILES string of the molecule is O=c1c2cc3c(=O)n(CC4CO4)c(=O)c3c(Cl)c2c(=O)n1CC1CO1. The molecule has 0 amide bonds. The van der Waals surface area contributed by atoms with Crippen LogP contribution >= 0.6 is 11.6 Å². The topological polar surface area (TPSA) is 103 Å². The van der Waals surface area contributed by atoms with Crippen molar-refractivity contribution >= 4 is 33.1 Å². The summed E-state index contributed by atoms with van der Waals surface area (Å²) in [5.74, 6) is 0. The van der Waals surface area contributed by atoms with E-state index in [-0.39, 0.29) is 51.9 Å². The lowest BCUT2D eigenvalue weighted by Crippen LogP contribution is -2.28. The van der Waals surface area contributed by atoms with Gasteiger partial charge < -0.3 is 9.47 Å². The van der Waals surface area contributed by atoms with Crippen molar-refractivity contribution in [3.63, 3.8) is 0 Å². The number of benzene rings is 1. The third-order valence-electron chi connectivity index (χ3n) is 4.71. The number of nitrogens with zero attached hydrogens (tertiary/aromatic N) is 2. The van der Waals surface area contributed by atoms with Crippen LogP contribution in [0.25, 0.3) is 21.5 Å². The van der Waals surface area contributed by atoms with Crippen LogP contribution in [-0.2, 0) is 22.6 Å². The molecule has 128 valence electrons. The Morgan fingerprint density at radius 2 is 1.24 bits per heavy atom. The number of aromatic nitrogens is 2. The van der Waals surface area contributed by atoms with Crippen molar-refractivity contribution < 1.29 is 9.47 Å². The number of halogens is 1. The smallest absolute Gasteiger partial charge is 0.263 e. The third kappa shape index (κ3) is 2.08. The van der Waals surface area contributed by atoms with Gasteiger partial charge in [-0.25, -0.2) is 0 Å². The molecule has 0 radical (unpaired) electrons. The first kappa shape index (κ1) is 15.0. The normalized spacial score (nSPS) is 22.1. The Labute approximate surface area is 143 Å². The summed E-state index contributed by atoms with van der Waals surface area (Å²) in [5, 5.41) is -0.0590. The number of ether oxygens (including phenoxy) is 2. The minimum atomic E-state index is -0.562. The lowest BCUT2D eigenvalue weighted by Gasteiger charge is -1.94. The molecule has 2 saturated heterocycles. The van der Waals surface area contributed by atoms with E-state index in [2.05, 4.69) is 0 Å². The van der Waals surface area contributed by atoms with E-state index < -0.39 is 22.2 Å². The molecular formula is C16H11ClN2O6. The molecule has 0 saturated carbocycles. The Morgan fingerprint density at radius 3 is 1.60 bits per heavy atom. The van der Waals surface area contributed by atoms with Crippen LogP contribution in [0.4, 0.5) is 0 Å². The van der Waals surface area contributed by atoms with E-state index in [4.69, 9.17) is 21.1 Å². The van der Waals surface area contributed by atoms with Crippen molar-refractivity contribution in [1.29, 1.82) is 0 Å². The molecule has 25 heavy (non-hydrogen) atoms. The summed E-state index contributed by atoms with van der Waals surface area (Å²) in [4.78, 5) is 50.2. The Hall–Kier alpha value is -2.29. The summed E-state index contributed by atoms with van der Waals surface area (Å²) in [5.41, 5.74) is -2.17. The second-order valence-corrected chi connectivity index (χ2v) is 6.77. The summed E-state index contributed by atoms with van der Waals surface area (Å²) in [6, 6.07) is 1.30. The van der Waals surface area contributed by atoms with Gasteiger partial charge in [-0.3, -0.25) is 28.3 Å². The zero-order valence-electron chi connectivity index (χ0n) is 12.8. The zero-order chi connectivity index (χ0) is 17.5. The number of fused-ring (bicyclic) bond motifs is 2. The maximum Gasteiger partial charge on any atom is 0.263 e. The van der Waals surface area contributed by atoms with Gasteiger partial charge in [-0.1, -0.05) is 11.6 Å². The minimum absolute atomic E-state index is 0.0169. The summed E-state index contributed by atoms with van der Waals surface area (Å²) in [6.45, 7) is 1.26. The Morgan fingerprint density at radius 1 is 0.840 bits per heavy atom. The number of epoxide rings is 2. The van der Waals surface area contributed by atoms with Crippen LogP contribution in [0.15, 0.2) is 25.2 Å². The number of hydrogen-bond acceptors (Lipinski definition) is 6. The summed E-state index contributed by atoms with van der Waals surface area (Å²) < 4.78 is 12.2. The second kappa shape index (κ2) is 4.87. The molecule has 9 heteroatoms. The standard InChI is InChI=1S/C16H11ClN2O6/c17-12-10-8(13(20)18(15(10)22)2-6-4-24-6)1-9-11(12)16(23)19(14(9)21)3-7-5-25-7/h1,6-7H,2-5H2. The van der Waals surface area contributed by atoms with Crippen LogP contribution in [0.3, 0.4) is 0 Å². The van der Waals surface area contributed by atoms with Gasteiger partial charge in [-0.05, 0) is 6.07 Å². The Kier molecular flexibility index (Phi) is 2.92. The molecule has 2 atom stereocenters. The lowest BCUT2D eigenvalue weighted by molar-refractivity contribution is 0.379. The fourth-order valence-electron chi connectivity index (χ4n) is 3.24. The van der Waals surface area contributed by atoms with Crippen LogP contribution in [0.5, 0.6) is 0 Å². The second-order valence-electron chi connectivity index (χ2n) is 6.39. The average Bonchev–Trinajstić information content (AvgIpc) is 3.48. The maximum atomic E-state index is 12.6. The van der Waals surface area contributed by atoms with E-state index in [0.717, 1.165) is 9.13 Å². The molecule has 8 nitrogen and oxygen atoms in total. The van der Waals surface area contributed by atoms with E-state index in [1.54, 1.807) is 0 Å². The third-order valence-corrected chi connectivity index (χ3v) is 5.09. The fourth-order valence-corrected chi connectivity index (χ4v) is 3.60. The predicted molar refractivity (Wildman–Crippen MR) is 89.4 cm³/mol. The summed E-state index contributed by atoms with van der Waals surface area (Å²) >= 11 is 6.29. The largest absolute Gasteiger partial charge is 0.371 e. The first-order chi connectivity index (χ1) is 12.0. The summed E-state index contributed by atoms with van der Waals surface area (Å²) in [6.07, 6.45) is -0.324. The van der Waals surface area contributed by atoms with Crippen LogP contribution in [-0.4, -0.2) is 34.6 Å². The highest BCUT2D eigenvalue weighted by Gasteiger charge is 2.30. The van der Waals surface area contributed by atoms with E-state index >= 15 is 0 Å². The zero-order valence-corrected chi connectivity index (χ0v) is 13.5. The molecule has 1 aromatic carbocycles. The van der Waals surface area contributed by atoms with Crippen molar-refractivity contribution in [3.05, 3.63) is 52.5 Å². The molecule has 0 N–H and O–H groups in total. The first-order valence-electron chi connectivity index (χ1n) is 7.79. The highest BCUT2D eigenvalue weighted by molar-refractivity contribution is 6.40. The summed E-state index contributed by atoms with van der Waals surface area (Å²) in [7, 11) is 0. The molecular weight excluding hydrogens is 352 g/mol. The molecule has 3 aromatic rings. The van der Waals surface area contributed by atoms with Crippen molar-refractivity contribution in [1.82, 2.24) is 9.13 Å². The van der Waals surface area contributed by atoms with Gasteiger partial charge in [0.15, 0.2) is 0 Å². The van der Waals surface area contributed by atoms with E-state index in [1.165, 1.54) is 6.07 Å². The monoisotopic (exact) mass is 362 g/mol. The molecule has 0 aliphatic carbocycles. The van der Waals surface area contributed by atoms with Crippen molar-refractivity contribution in [3.8, 4) is 0 Å². The molecule has 0 bridgehead atoms. The predicted octanol–water partition coefficient (Wildman–Crippen LogP) is -0.637. The Bertz CT molecular complexity index is 1160. The van der Waals surface area contributed by atoms with E-state index in [9.17, 15) is 19.2 Å². The quantitative estimate of drug-likeness (QED) is 0.572. The molecule has 2 fully saturated rings. The van der Waals surface area contributed by atoms with Gasteiger partial charge in [0.25, 0.3) is 22.2 Å². The molecule has 5 rings (SSSR count). The highest BCUT2D eigenvalue weighted by atomic mass is 35.5. The molecule has 2 unspecified atom stereocenters. The first-order valence-corrected chi connectivity index (χ1v) is 8.17. The number of rotatable bonds is 4. The van der Waals surface area contributed by atoms with Crippen LogP contribution in [0.1, 0.15) is 0 Å². The van der Waals surface area contributed by atoms with Gasteiger partial charge in [0.1, 0.15) is 0 Å². The van der Waals surface area contributed by atoms with Crippen molar-refractivity contribution in [2.24, 2.45) is 0 Å².